The second kappa shape index (κ2) is 4.84. The molecule has 1 aromatic carbocycles. The van der Waals surface area contributed by atoms with E-state index in [4.69, 9.17) is 5.11 Å². The van der Waals surface area contributed by atoms with Gasteiger partial charge in [-0.1, -0.05) is 28.1 Å². The van der Waals surface area contributed by atoms with Crippen molar-refractivity contribution in [2.45, 2.75) is 6.04 Å². The number of carbonyl (C=O) groups excluding carboxylic acids is 1. The van der Waals surface area contributed by atoms with E-state index in [0.29, 0.717) is 13.1 Å². The van der Waals surface area contributed by atoms with Gasteiger partial charge in [0.05, 0.1) is 12.6 Å². The number of urea groups is 1. The lowest BCUT2D eigenvalue weighted by molar-refractivity contribution is 0.179. The highest BCUT2D eigenvalue weighted by molar-refractivity contribution is 9.10. The Labute approximate surface area is 102 Å². The molecule has 0 bridgehead atoms. The Hall–Kier alpha value is -1.07. The number of aliphatic hydroxyl groups excluding tert-OH is 1. The molecule has 2 amide bonds. The molecule has 86 valence electrons. The van der Waals surface area contributed by atoms with Gasteiger partial charge in [0.15, 0.2) is 0 Å². The highest BCUT2D eigenvalue weighted by Crippen LogP contribution is 2.26. The molecule has 1 atom stereocenters. The van der Waals surface area contributed by atoms with Crippen molar-refractivity contribution in [1.29, 1.82) is 0 Å². The van der Waals surface area contributed by atoms with Crippen LogP contribution >= 0.6 is 15.9 Å². The highest BCUT2D eigenvalue weighted by atomic mass is 79.9. The number of β-amino-alcohol motifs (C(OH)–C–C–N with tert-alkyl or cyclic N) is 1. The molecule has 0 aliphatic carbocycles. The lowest BCUT2D eigenvalue weighted by Crippen LogP contribution is -2.32. The predicted molar refractivity (Wildman–Crippen MR) is 64.1 cm³/mol. The van der Waals surface area contributed by atoms with E-state index in [1.165, 1.54) is 0 Å². The second-order valence-corrected chi connectivity index (χ2v) is 4.59. The van der Waals surface area contributed by atoms with Gasteiger partial charge in [0.25, 0.3) is 0 Å². The van der Waals surface area contributed by atoms with Crippen LogP contribution in [-0.4, -0.2) is 35.7 Å². The Morgan fingerprint density at radius 1 is 1.56 bits per heavy atom. The number of nitrogens with zero attached hydrogens (tertiary/aromatic N) is 1. The third kappa shape index (κ3) is 2.20. The summed E-state index contributed by atoms with van der Waals surface area (Å²) in [7, 11) is 0. The molecule has 5 heteroatoms. The zero-order chi connectivity index (χ0) is 11.5. The number of halogens is 1. The predicted octanol–water partition coefficient (Wildman–Crippen LogP) is 1.51. The average Bonchev–Trinajstić information content (AvgIpc) is 2.61. The molecule has 0 radical (unpaired) electrons. The Kier molecular flexibility index (Phi) is 3.46. The van der Waals surface area contributed by atoms with Gasteiger partial charge in [0.2, 0.25) is 0 Å². The average molecular weight is 285 g/mol. The molecule has 2 rings (SSSR count). The first-order chi connectivity index (χ1) is 7.72. The molecule has 1 saturated heterocycles. The van der Waals surface area contributed by atoms with Crippen LogP contribution in [0, 0.1) is 0 Å². The van der Waals surface area contributed by atoms with Crippen molar-refractivity contribution in [3.8, 4) is 0 Å². The molecule has 1 aromatic rings. The van der Waals surface area contributed by atoms with Crippen LogP contribution in [0.4, 0.5) is 4.79 Å². The second-order valence-electron chi connectivity index (χ2n) is 3.67. The number of rotatable bonds is 3. The summed E-state index contributed by atoms with van der Waals surface area (Å²) in [6, 6.07) is 7.77. The van der Waals surface area contributed by atoms with Crippen LogP contribution in [0.25, 0.3) is 0 Å². The third-order valence-electron chi connectivity index (χ3n) is 2.66. The van der Waals surface area contributed by atoms with Crippen molar-refractivity contribution in [3.63, 3.8) is 0 Å². The van der Waals surface area contributed by atoms with Crippen molar-refractivity contribution in [2.24, 2.45) is 0 Å². The first-order valence-corrected chi connectivity index (χ1v) is 5.92. The minimum atomic E-state index is -0.112. The molecule has 0 saturated carbocycles. The van der Waals surface area contributed by atoms with Crippen molar-refractivity contribution in [2.75, 3.05) is 19.7 Å². The summed E-state index contributed by atoms with van der Waals surface area (Å²) >= 11 is 3.41. The normalized spacial score (nSPS) is 20.0. The van der Waals surface area contributed by atoms with Gasteiger partial charge >= 0.3 is 6.03 Å². The Morgan fingerprint density at radius 2 is 2.38 bits per heavy atom. The van der Waals surface area contributed by atoms with Crippen LogP contribution in [-0.2, 0) is 0 Å². The fourth-order valence-corrected chi connectivity index (χ4v) is 2.33. The number of carbonyl (C=O) groups is 1. The Morgan fingerprint density at radius 3 is 3.06 bits per heavy atom. The van der Waals surface area contributed by atoms with Crippen LogP contribution in [0.3, 0.4) is 0 Å². The zero-order valence-electron chi connectivity index (χ0n) is 8.69. The molecule has 1 heterocycles. The van der Waals surface area contributed by atoms with Crippen molar-refractivity contribution in [1.82, 2.24) is 10.2 Å². The lowest BCUT2D eigenvalue weighted by Gasteiger charge is -2.22. The van der Waals surface area contributed by atoms with E-state index in [-0.39, 0.29) is 18.7 Å². The van der Waals surface area contributed by atoms with E-state index < -0.39 is 0 Å². The van der Waals surface area contributed by atoms with Gasteiger partial charge < -0.3 is 15.3 Å². The molecule has 2 N–H and O–H groups in total. The molecule has 0 aromatic heterocycles. The van der Waals surface area contributed by atoms with E-state index in [2.05, 4.69) is 21.2 Å². The third-order valence-corrected chi connectivity index (χ3v) is 3.15. The summed E-state index contributed by atoms with van der Waals surface area (Å²) in [6.07, 6.45) is 0. The van der Waals surface area contributed by atoms with Crippen molar-refractivity contribution < 1.29 is 9.90 Å². The molecule has 1 unspecified atom stereocenters. The summed E-state index contributed by atoms with van der Waals surface area (Å²) in [5.74, 6) is 0. The number of amides is 2. The molecule has 1 aliphatic heterocycles. The Balaban J connectivity index is 2.23. The zero-order valence-corrected chi connectivity index (χ0v) is 10.3. The van der Waals surface area contributed by atoms with Gasteiger partial charge in [-0.25, -0.2) is 4.79 Å². The number of hydrogen-bond acceptors (Lipinski definition) is 2. The number of aliphatic hydroxyl groups is 1. The van der Waals surface area contributed by atoms with Crippen LogP contribution in [0.2, 0.25) is 0 Å². The van der Waals surface area contributed by atoms with Crippen molar-refractivity contribution >= 4 is 22.0 Å². The van der Waals surface area contributed by atoms with Gasteiger partial charge in [-0.15, -0.1) is 0 Å². The summed E-state index contributed by atoms with van der Waals surface area (Å²) in [5, 5.41) is 11.7. The van der Waals surface area contributed by atoms with E-state index in [1.54, 1.807) is 4.90 Å². The molecular formula is C11H13BrN2O2. The van der Waals surface area contributed by atoms with Gasteiger partial charge in [0, 0.05) is 17.6 Å². The first kappa shape index (κ1) is 11.4. The van der Waals surface area contributed by atoms with E-state index in [0.717, 1.165) is 10.0 Å². The van der Waals surface area contributed by atoms with Gasteiger partial charge in [-0.2, -0.15) is 0 Å². The van der Waals surface area contributed by atoms with Gasteiger partial charge in [-0.05, 0) is 17.7 Å². The molecule has 4 nitrogen and oxygen atoms in total. The van der Waals surface area contributed by atoms with E-state index in [1.807, 2.05) is 24.3 Å². The smallest absolute Gasteiger partial charge is 0.318 e. The van der Waals surface area contributed by atoms with Gasteiger partial charge in [-0.3, -0.25) is 0 Å². The highest BCUT2D eigenvalue weighted by Gasteiger charge is 2.31. The number of benzene rings is 1. The van der Waals surface area contributed by atoms with E-state index in [9.17, 15) is 4.79 Å². The number of nitrogens with one attached hydrogen (secondary N) is 1. The summed E-state index contributed by atoms with van der Waals surface area (Å²) in [6.45, 7) is 0.941. The topological polar surface area (TPSA) is 52.6 Å². The maximum atomic E-state index is 11.5. The molecule has 1 aliphatic rings. The molecule has 0 spiro atoms. The fourth-order valence-electron chi connectivity index (χ4n) is 1.91. The first-order valence-electron chi connectivity index (χ1n) is 5.13. The monoisotopic (exact) mass is 284 g/mol. The van der Waals surface area contributed by atoms with Crippen molar-refractivity contribution in [3.05, 3.63) is 34.3 Å². The van der Waals surface area contributed by atoms with Gasteiger partial charge in [0.1, 0.15) is 0 Å². The van der Waals surface area contributed by atoms with Crippen LogP contribution < -0.4 is 5.32 Å². The number of hydrogen-bond donors (Lipinski definition) is 2. The summed E-state index contributed by atoms with van der Waals surface area (Å²) in [4.78, 5) is 13.2. The lowest BCUT2D eigenvalue weighted by atomic mass is 10.1. The molecule has 1 fully saturated rings. The van der Waals surface area contributed by atoms with Crippen LogP contribution in [0.5, 0.6) is 0 Å². The SMILES string of the molecule is O=C1NCC(c2cccc(Br)c2)N1CCO. The minimum absolute atomic E-state index is 0.0112. The Bertz CT molecular complexity index is 397. The fraction of sp³-hybridized carbons (Fsp3) is 0.364. The maximum Gasteiger partial charge on any atom is 0.318 e. The molecular weight excluding hydrogens is 272 g/mol. The van der Waals surface area contributed by atoms with Crippen LogP contribution in [0.15, 0.2) is 28.7 Å². The minimum Gasteiger partial charge on any atom is -0.395 e. The maximum absolute atomic E-state index is 11.5. The summed E-state index contributed by atoms with van der Waals surface area (Å²) < 4.78 is 0.994. The van der Waals surface area contributed by atoms with E-state index >= 15 is 0 Å². The quantitative estimate of drug-likeness (QED) is 0.884. The summed E-state index contributed by atoms with van der Waals surface area (Å²) in [5.41, 5.74) is 1.07. The van der Waals surface area contributed by atoms with Crippen LogP contribution in [0.1, 0.15) is 11.6 Å². The standard InChI is InChI=1S/C11H13BrN2O2/c12-9-3-1-2-8(6-9)10-7-13-11(16)14(10)4-5-15/h1-3,6,10,15H,4-5,7H2,(H,13,16). The largest absolute Gasteiger partial charge is 0.395 e. The molecule has 16 heavy (non-hydrogen) atoms.